The Kier molecular flexibility index (Phi) is 9.58. The van der Waals surface area contributed by atoms with E-state index in [0.29, 0.717) is 6.04 Å². The second kappa shape index (κ2) is 9.99. The molecule has 114 valence electrons. The van der Waals surface area contributed by atoms with Crippen molar-refractivity contribution in [3.05, 3.63) is 35.4 Å². The summed E-state index contributed by atoms with van der Waals surface area (Å²) >= 11 is 0. The molecular formula is C15H27IN4. The van der Waals surface area contributed by atoms with E-state index in [2.05, 4.69) is 72.7 Å². The number of hydrogen-bond donors (Lipinski definition) is 2. The van der Waals surface area contributed by atoms with Crippen molar-refractivity contribution in [2.45, 2.75) is 33.0 Å². The average molecular weight is 390 g/mol. The summed E-state index contributed by atoms with van der Waals surface area (Å²) in [6.45, 7) is 5.95. The number of aliphatic imine (C=N–C) groups is 1. The molecule has 0 spiro atoms. The highest BCUT2D eigenvalue weighted by atomic mass is 127. The summed E-state index contributed by atoms with van der Waals surface area (Å²) in [4.78, 5) is 6.37. The molecule has 20 heavy (non-hydrogen) atoms. The van der Waals surface area contributed by atoms with Crippen molar-refractivity contribution in [3.8, 4) is 0 Å². The van der Waals surface area contributed by atoms with Gasteiger partial charge < -0.3 is 15.5 Å². The fraction of sp³-hybridized carbons (Fsp3) is 0.533. The van der Waals surface area contributed by atoms with E-state index >= 15 is 0 Å². The molecule has 0 aliphatic heterocycles. The third-order valence-corrected chi connectivity index (χ3v) is 2.60. The van der Waals surface area contributed by atoms with Gasteiger partial charge in [0.15, 0.2) is 5.96 Å². The molecule has 5 heteroatoms. The van der Waals surface area contributed by atoms with Gasteiger partial charge in [0, 0.05) is 26.2 Å². The molecule has 2 N–H and O–H groups in total. The Morgan fingerprint density at radius 3 is 2.45 bits per heavy atom. The summed E-state index contributed by atoms with van der Waals surface area (Å²) < 4.78 is 0. The molecule has 0 unspecified atom stereocenters. The summed E-state index contributed by atoms with van der Waals surface area (Å²) in [5.74, 6) is 0.841. The lowest BCUT2D eigenvalue weighted by Gasteiger charge is -2.15. The van der Waals surface area contributed by atoms with Crippen molar-refractivity contribution < 1.29 is 0 Å². The zero-order valence-electron chi connectivity index (χ0n) is 13.1. The number of halogens is 1. The Labute approximate surface area is 140 Å². The van der Waals surface area contributed by atoms with Crippen LogP contribution in [-0.4, -0.2) is 38.0 Å². The summed E-state index contributed by atoms with van der Waals surface area (Å²) in [6, 6.07) is 9.01. The van der Waals surface area contributed by atoms with Gasteiger partial charge in [-0.05, 0) is 39.1 Å². The summed E-state index contributed by atoms with van der Waals surface area (Å²) in [5.41, 5.74) is 2.60. The first-order valence-electron chi connectivity index (χ1n) is 6.71. The first kappa shape index (κ1) is 19.2. The van der Waals surface area contributed by atoms with Crippen LogP contribution in [0, 0.1) is 0 Å². The van der Waals surface area contributed by atoms with Crippen molar-refractivity contribution in [2.24, 2.45) is 4.99 Å². The van der Waals surface area contributed by atoms with E-state index in [1.54, 1.807) is 7.05 Å². The molecule has 0 saturated carbocycles. The quantitative estimate of drug-likeness (QED) is 0.461. The smallest absolute Gasteiger partial charge is 0.191 e. The van der Waals surface area contributed by atoms with Crippen molar-refractivity contribution >= 4 is 29.9 Å². The monoisotopic (exact) mass is 390 g/mol. The van der Waals surface area contributed by atoms with Gasteiger partial charge in [-0.2, -0.15) is 0 Å². The van der Waals surface area contributed by atoms with Crippen LogP contribution >= 0.6 is 24.0 Å². The van der Waals surface area contributed by atoms with Gasteiger partial charge in [0.2, 0.25) is 0 Å². The maximum atomic E-state index is 4.20. The number of hydrogen-bond acceptors (Lipinski definition) is 2. The van der Waals surface area contributed by atoms with E-state index in [-0.39, 0.29) is 24.0 Å². The lowest BCUT2D eigenvalue weighted by Crippen LogP contribution is -2.40. The third-order valence-electron chi connectivity index (χ3n) is 2.60. The molecule has 0 heterocycles. The predicted molar refractivity (Wildman–Crippen MR) is 97.7 cm³/mol. The molecule has 4 nitrogen and oxygen atoms in total. The molecule has 0 saturated heterocycles. The Balaban J connectivity index is 0.00000361. The highest BCUT2D eigenvalue weighted by molar-refractivity contribution is 14.0. The number of nitrogens with one attached hydrogen (secondary N) is 2. The van der Waals surface area contributed by atoms with Crippen LogP contribution in [0.5, 0.6) is 0 Å². The van der Waals surface area contributed by atoms with Crippen molar-refractivity contribution in [1.29, 1.82) is 0 Å². The Morgan fingerprint density at radius 2 is 1.90 bits per heavy atom. The van der Waals surface area contributed by atoms with Crippen LogP contribution in [0.3, 0.4) is 0 Å². The summed E-state index contributed by atoms with van der Waals surface area (Å²) in [5, 5.41) is 6.60. The van der Waals surface area contributed by atoms with E-state index < -0.39 is 0 Å². The van der Waals surface area contributed by atoms with Crippen LogP contribution < -0.4 is 10.6 Å². The van der Waals surface area contributed by atoms with Crippen molar-refractivity contribution in [2.75, 3.05) is 21.1 Å². The second-order valence-corrected chi connectivity index (χ2v) is 5.28. The standard InChI is InChI=1S/C15H26N4.HI/c1-12(2)18-15(16-3)17-10-13-7-6-8-14(9-13)11-19(4)5;/h6-9,12H,10-11H2,1-5H3,(H2,16,17,18);1H. The minimum atomic E-state index is 0. The molecule has 1 rings (SSSR count). The number of rotatable bonds is 5. The first-order chi connectivity index (χ1) is 9.01. The molecule has 0 aliphatic rings. The average Bonchev–Trinajstić information content (AvgIpc) is 2.33. The molecular weight excluding hydrogens is 363 g/mol. The largest absolute Gasteiger partial charge is 0.354 e. The number of nitrogens with zero attached hydrogens (tertiary/aromatic N) is 2. The molecule has 0 atom stereocenters. The number of guanidine groups is 1. The van der Waals surface area contributed by atoms with E-state index in [4.69, 9.17) is 0 Å². The van der Waals surface area contributed by atoms with Crippen molar-refractivity contribution in [1.82, 2.24) is 15.5 Å². The molecule has 1 aromatic rings. The zero-order chi connectivity index (χ0) is 14.3. The third kappa shape index (κ3) is 7.69. The number of benzene rings is 1. The SMILES string of the molecule is CN=C(NCc1cccc(CN(C)C)c1)NC(C)C.I. The van der Waals surface area contributed by atoms with Gasteiger partial charge in [-0.25, -0.2) is 0 Å². The summed E-state index contributed by atoms with van der Waals surface area (Å²) in [6.07, 6.45) is 0. The van der Waals surface area contributed by atoms with E-state index in [1.165, 1.54) is 11.1 Å². The van der Waals surface area contributed by atoms with Crippen LogP contribution in [0.4, 0.5) is 0 Å². The van der Waals surface area contributed by atoms with E-state index in [0.717, 1.165) is 19.0 Å². The van der Waals surface area contributed by atoms with Crippen LogP contribution in [0.2, 0.25) is 0 Å². The minimum absolute atomic E-state index is 0. The topological polar surface area (TPSA) is 39.7 Å². The summed E-state index contributed by atoms with van der Waals surface area (Å²) in [7, 11) is 5.96. The fourth-order valence-electron chi connectivity index (χ4n) is 1.86. The van der Waals surface area contributed by atoms with Gasteiger partial charge in [-0.15, -0.1) is 24.0 Å². The van der Waals surface area contributed by atoms with Crippen LogP contribution in [0.1, 0.15) is 25.0 Å². The zero-order valence-corrected chi connectivity index (χ0v) is 15.4. The Morgan fingerprint density at radius 1 is 1.25 bits per heavy atom. The highest BCUT2D eigenvalue weighted by Gasteiger charge is 2.01. The normalized spacial score (nSPS) is 11.4. The highest BCUT2D eigenvalue weighted by Crippen LogP contribution is 2.06. The lowest BCUT2D eigenvalue weighted by molar-refractivity contribution is 0.402. The molecule has 0 bridgehead atoms. The van der Waals surface area contributed by atoms with Gasteiger partial charge in [0.05, 0.1) is 0 Å². The maximum absolute atomic E-state index is 4.20. The first-order valence-corrected chi connectivity index (χ1v) is 6.71. The van der Waals surface area contributed by atoms with Gasteiger partial charge in [0.1, 0.15) is 0 Å². The Bertz CT molecular complexity index is 416. The molecule has 0 aromatic heterocycles. The van der Waals surface area contributed by atoms with Gasteiger partial charge >= 0.3 is 0 Å². The molecule has 0 radical (unpaired) electrons. The minimum Gasteiger partial charge on any atom is -0.354 e. The van der Waals surface area contributed by atoms with Gasteiger partial charge in [0.25, 0.3) is 0 Å². The van der Waals surface area contributed by atoms with Gasteiger partial charge in [-0.1, -0.05) is 24.3 Å². The molecule has 0 aliphatic carbocycles. The second-order valence-electron chi connectivity index (χ2n) is 5.28. The van der Waals surface area contributed by atoms with Crippen LogP contribution in [-0.2, 0) is 13.1 Å². The predicted octanol–water partition coefficient (Wildman–Crippen LogP) is 2.44. The molecule has 1 aromatic carbocycles. The fourth-order valence-corrected chi connectivity index (χ4v) is 1.86. The van der Waals surface area contributed by atoms with E-state index in [1.807, 2.05) is 0 Å². The van der Waals surface area contributed by atoms with E-state index in [9.17, 15) is 0 Å². The lowest BCUT2D eigenvalue weighted by atomic mass is 10.1. The molecule has 0 amide bonds. The Hall–Kier alpha value is -0.820. The maximum Gasteiger partial charge on any atom is 0.191 e. The van der Waals surface area contributed by atoms with Crippen LogP contribution in [0.15, 0.2) is 29.3 Å². The molecule has 0 fully saturated rings. The van der Waals surface area contributed by atoms with Crippen LogP contribution in [0.25, 0.3) is 0 Å². The van der Waals surface area contributed by atoms with Crippen molar-refractivity contribution in [3.63, 3.8) is 0 Å². The van der Waals surface area contributed by atoms with Gasteiger partial charge in [-0.3, -0.25) is 4.99 Å².